The number of amides is 1. The molecule has 220 valence electrons. The van der Waals surface area contributed by atoms with Gasteiger partial charge in [-0.3, -0.25) is 14.5 Å². The van der Waals surface area contributed by atoms with E-state index in [2.05, 4.69) is 4.90 Å². The number of aliphatic hydroxyl groups excluding tert-OH is 1. The first-order chi connectivity index (χ1) is 20.5. The highest BCUT2D eigenvalue weighted by Crippen LogP contribution is 2.40. The Hall–Kier alpha value is -4.14. The van der Waals surface area contributed by atoms with E-state index in [0.717, 1.165) is 36.3 Å². The molecule has 5 rings (SSSR count). The molecule has 8 nitrogen and oxygen atoms in total. The van der Waals surface area contributed by atoms with Crippen LogP contribution in [0.5, 0.6) is 11.5 Å². The van der Waals surface area contributed by atoms with Crippen molar-refractivity contribution in [3.63, 3.8) is 0 Å². The molecular weight excluding hydrogens is 532 g/mol. The van der Waals surface area contributed by atoms with E-state index in [1.165, 1.54) is 0 Å². The predicted octanol–water partition coefficient (Wildman–Crippen LogP) is 5.12. The number of hydrogen-bond acceptors (Lipinski definition) is 7. The van der Waals surface area contributed by atoms with Gasteiger partial charge in [-0.25, -0.2) is 0 Å². The Labute approximate surface area is 247 Å². The SMILES string of the molecule is CCOc1ccc([C@H]2/C(=C(\O)c3ccc(OCc4ccccc4)c(C)c3)C(=O)C(=O)N2CCCN2CCOCC2)cc1. The first-order valence-electron chi connectivity index (χ1n) is 14.5. The molecule has 1 N–H and O–H groups in total. The standard InChI is InChI=1S/C34H38N2O6/c1-3-41-28-13-10-26(11-14-28)31-30(33(38)34(39)36(31)17-7-16-35-18-20-40-21-19-35)32(37)27-12-15-29(24(2)22-27)42-23-25-8-5-4-6-9-25/h4-6,8-15,22,31,37H,3,7,16-21,23H2,1-2H3/b32-30+/t31-/m0/s1. The number of likely N-dealkylation sites (tertiary alicyclic amines) is 1. The average Bonchev–Trinajstić information content (AvgIpc) is 3.27. The van der Waals surface area contributed by atoms with Crippen molar-refractivity contribution in [2.45, 2.75) is 32.9 Å². The summed E-state index contributed by atoms with van der Waals surface area (Å²) < 4.78 is 17.0. The highest BCUT2D eigenvalue weighted by Gasteiger charge is 2.45. The number of ether oxygens (including phenoxy) is 3. The molecule has 0 aliphatic carbocycles. The van der Waals surface area contributed by atoms with E-state index in [9.17, 15) is 14.7 Å². The lowest BCUT2D eigenvalue weighted by Crippen LogP contribution is -2.38. The molecular formula is C34H38N2O6. The monoisotopic (exact) mass is 570 g/mol. The van der Waals surface area contributed by atoms with Crippen LogP contribution >= 0.6 is 0 Å². The van der Waals surface area contributed by atoms with Gasteiger partial charge in [-0.1, -0.05) is 42.5 Å². The molecule has 3 aromatic rings. The fraction of sp³-hybridized carbons (Fsp3) is 0.353. The average molecular weight is 571 g/mol. The van der Waals surface area contributed by atoms with Crippen LogP contribution in [0.25, 0.3) is 5.76 Å². The zero-order chi connectivity index (χ0) is 29.5. The van der Waals surface area contributed by atoms with Crippen molar-refractivity contribution in [2.24, 2.45) is 0 Å². The normalized spacial score (nSPS) is 18.8. The van der Waals surface area contributed by atoms with Crippen molar-refractivity contribution >= 4 is 17.4 Å². The summed E-state index contributed by atoms with van der Waals surface area (Å²) in [6.45, 7) is 9.05. The second-order valence-corrected chi connectivity index (χ2v) is 10.6. The zero-order valence-electron chi connectivity index (χ0n) is 24.3. The van der Waals surface area contributed by atoms with Crippen LogP contribution in [0.3, 0.4) is 0 Å². The zero-order valence-corrected chi connectivity index (χ0v) is 24.3. The van der Waals surface area contributed by atoms with Gasteiger partial charge in [0.1, 0.15) is 23.9 Å². The lowest BCUT2D eigenvalue weighted by atomic mass is 9.94. The number of nitrogens with zero attached hydrogens (tertiary/aromatic N) is 2. The van der Waals surface area contributed by atoms with E-state index in [4.69, 9.17) is 14.2 Å². The molecule has 3 aromatic carbocycles. The molecule has 0 radical (unpaired) electrons. The number of aliphatic hydroxyl groups is 1. The first-order valence-corrected chi connectivity index (χ1v) is 14.5. The molecule has 0 unspecified atom stereocenters. The predicted molar refractivity (Wildman–Crippen MR) is 160 cm³/mol. The van der Waals surface area contributed by atoms with E-state index >= 15 is 0 Å². The fourth-order valence-electron chi connectivity index (χ4n) is 5.51. The number of morpholine rings is 1. The molecule has 2 fully saturated rings. The minimum atomic E-state index is -0.709. The molecule has 0 aromatic heterocycles. The maximum absolute atomic E-state index is 13.5. The lowest BCUT2D eigenvalue weighted by Gasteiger charge is -2.29. The van der Waals surface area contributed by atoms with E-state index < -0.39 is 17.7 Å². The van der Waals surface area contributed by atoms with Gasteiger partial charge in [0.15, 0.2) is 0 Å². The molecule has 8 heteroatoms. The highest BCUT2D eigenvalue weighted by atomic mass is 16.5. The van der Waals surface area contributed by atoms with Crippen LogP contribution < -0.4 is 9.47 Å². The summed E-state index contributed by atoms with van der Waals surface area (Å²) in [6, 6.07) is 21.8. The number of carbonyl (C=O) groups excluding carboxylic acids is 2. The summed E-state index contributed by atoms with van der Waals surface area (Å²) in [5, 5.41) is 11.5. The van der Waals surface area contributed by atoms with Crippen molar-refractivity contribution in [3.8, 4) is 11.5 Å². The van der Waals surface area contributed by atoms with Gasteiger partial charge in [0.05, 0.1) is 31.4 Å². The molecule has 0 saturated carbocycles. The van der Waals surface area contributed by atoms with E-state index in [-0.39, 0.29) is 11.3 Å². The molecule has 2 aliphatic heterocycles. The molecule has 0 bridgehead atoms. The van der Waals surface area contributed by atoms with Crippen molar-refractivity contribution in [2.75, 3.05) is 46.0 Å². The minimum Gasteiger partial charge on any atom is -0.507 e. The highest BCUT2D eigenvalue weighted by molar-refractivity contribution is 6.46. The number of benzene rings is 3. The van der Waals surface area contributed by atoms with Crippen molar-refractivity contribution in [1.82, 2.24) is 9.80 Å². The Bertz CT molecular complexity index is 1410. The van der Waals surface area contributed by atoms with Crippen molar-refractivity contribution in [1.29, 1.82) is 0 Å². The number of Topliss-reactive ketones (excluding diaryl/α,β-unsaturated/α-hetero) is 1. The van der Waals surface area contributed by atoms with Crippen molar-refractivity contribution in [3.05, 3.63) is 101 Å². The first kappa shape index (κ1) is 29.4. The van der Waals surface area contributed by atoms with Gasteiger partial charge >= 0.3 is 0 Å². The summed E-state index contributed by atoms with van der Waals surface area (Å²) in [7, 11) is 0. The maximum atomic E-state index is 13.5. The fourth-order valence-corrected chi connectivity index (χ4v) is 5.51. The Kier molecular flexibility index (Phi) is 9.56. The Morgan fingerprint density at radius 2 is 1.69 bits per heavy atom. The summed E-state index contributed by atoms with van der Waals surface area (Å²) in [4.78, 5) is 30.7. The second kappa shape index (κ2) is 13.7. The number of aryl methyl sites for hydroxylation is 1. The summed E-state index contributed by atoms with van der Waals surface area (Å²) in [5.41, 5.74) is 3.15. The molecule has 2 saturated heterocycles. The Morgan fingerprint density at radius 1 is 0.952 bits per heavy atom. The maximum Gasteiger partial charge on any atom is 0.295 e. The Balaban J connectivity index is 1.42. The van der Waals surface area contributed by atoms with E-state index in [1.807, 2.05) is 68.4 Å². The van der Waals surface area contributed by atoms with Crippen LogP contribution in [0.2, 0.25) is 0 Å². The van der Waals surface area contributed by atoms with Crippen LogP contribution in [0.15, 0.2) is 78.4 Å². The van der Waals surface area contributed by atoms with Gasteiger partial charge in [0.25, 0.3) is 11.7 Å². The quantitative estimate of drug-likeness (QED) is 0.195. The summed E-state index contributed by atoms with van der Waals surface area (Å²) in [5.74, 6) is -0.0911. The van der Waals surface area contributed by atoms with Gasteiger partial charge < -0.3 is 24.2 Å². The molecule has 2 aliphatic rings. The number of hydrogen-bond donors (Lipinski definition) is 1. The number of carbonyl (C=O) groups is 2. The van der Waals surface area contributed by atoms with Crippen LogP contribution in [0.1, 0.15) is 41.6 Å². The largest absolute Gasteiger partial charge is 0.507 e. The molecule has 1 atom stereocenters. The number of ketones is 1. The van der Waals surface area contributed by atoms with E-state index in [0.29, 0.717) is 56.5 Å². The van der Waals surface area contributed by atoms with Crippen molar-refractivity contribution < 1.29 is 28.9 Å². The molecule has 2 heterocycles. The second-order valence-electron chi connectivity index (χ2n) is 10.6. The third-order valence-corrected chi connectivity index (χ3v) is 7.71. The van der Waals surface area contributed by atoms with Gasteiger partial charge in [0.2, 0.25) is 0 Å². The molecule has 1 amide bonds. The molecule has 0 spiro atoms. The van der Waals surface area contributed by atoms with Crippen LogP contribution in [0, 0.1) is 6.92 Å². The van der Waals surface area contributed by atoms with Gasteiger partial charge in [-0.05, 0) is 67.3 Å². The van der Waals surface area contributed by atoms with Crippen LogP contribution in [0.4, 0.5) is 0 Å². The van der Waals surface area contributed by atoms with E-state index in [1.54, 1.807) is 23.1 Å². The third-order valence-electron chi connectivity index (χ3n) is 7.71. The molecule has 42 heavy (non-hydrogen) atoms. The summed E-state index contributed by atoms with van der Waals surface area (Å²) >= 11 is 0. The van der Waals surface area contributed by atoms with Crippen LogP contribution in [-0.2, 0) is 20.9 Å². The topological polar surface area (TPSA) is 88.5 Å². The number of rotatable bonds is 11. The smallest absolute Gasteiger partial charge is 0.295 e. The van der Waals surface area contributed by atoms with Crippen LogP contribution in [-0.4, -0.2) is 72.6 Å². The van der Waals surface area contributed by atoms with Gasteiger partial charge in [-0.2, -0.15) is 0 Å². The van der Waals surface area contributed by atoms with Gasteiger partial charge in [-0.15, -0.1) is 0 Å². The Morgan fingerprint density at radius 3 is 2.38 bits per heavy atom. The third kappa shape index (κ3) is 6.66. The summed E-state index contributed by atoms with van der Waals surface area (Å²) in [6.07, 6.45) is 0.702. The lowest BCUT2D eigenvalue weighted by molar-refractivity contribution is -0.140. The van der Waals surface area contributed by atoms with Gasteiger partial charge in [0, 0.05) is 31.7 Å². The minimum absolute atomic E-state index is 0.0906.